The van der Waals surface area contributed by atoms with Crippen LogP contribution in [0.25, 0.3) is 22.7 Å². The summed E-state index contributed by atoms with van der Waals surface area (Å²) in [7, 11) is 0. The second kappa shape index (κ2) is 4.22. The van der Waals surface area contributed by atoms with Gasteiger partial charge in [-0.2, -0.15) is 18.2 Å². The molecule has 0 amide bonds. The maximum Gasteiger partial charge on any atom is 0.416 e. The number of nitrogens with zero attached hydrogens (tertiary/aromatic N) is 2. The number of benzene rings is 1. The number of aromatic nitrogens is 2. The third-order valence-electron chi connectivity index (χ3n) is 2.78. The van der Waals surface area contributed by atoms with Crippen LogP contribution in [0.4, 0.5) is 18.9 Å². The van der Waals surface area contributed by atoms with Gasteiger partial charge in [0, 0.05) is 11.9 Å². The molecule has 0 radical (unpaired) electrons. The van der Waals surface area contributed by atoms with E-state index >= 15 is 0 Å². The van der Waals surface area contributed by atoms with Gasteiger partial charge < -0.3 is 10.2 Å². The van der Waals surface area contributed by atoms with Crippen molar-refractivity contribution >= 4 is 16.9 Å². The summed E-state index contributed by atoms with van der Waals surface area (Å²) in [5.74, 6) is 0.0160. The van der Waals surface area contributed by atoms with Gasteiger partial charge in [0.2, 0.25) is 5.89 Å². The van der Waals surface area contributed by atoms with Crippen LogP contribution >= 0.6 is 0 Å². The molecule has 0 aliphatic rings. The van der Waals surface area contributed by atoms with Crippen molar-refractivity contribution in [1.82, 2.24) is 9.97 Å². The standard InChI is InChI=1S/C13H8F3N3O/c14-13(15,16)7-3-4-9(17)8(6-7)12-19-11-10(20-12)2-1-5-18-11/h1-6H,17H2. The molecule has 2 aromatic heterocycles. The summed E-state index contributed by atoms with van der Waals surface area (Å²) in [4.78, 5) is 8.00. The first kappa shape index (κ1) is 12.5. The summed E-state index contributed by atoms with van der Waals surface area (Å²) in [6, 6.07) is 6.29. The van der Waals surface area contributed by atoms with Crippen molar-refractivity contribution in [3.8, 4) is 11.5 Å². The molecule has 1 aromatic carbocycles. The van der Waals surface area contributed by atoms with E-state index < -0.39 is 11.7 Å². The van der Waals surface area contributed by atoms with Gasteiger partial charge in [-0.1, -0.05) is 0 Å². The van der Waals surface area contributed by atoms with E-state index in [9.17, 15) is 13.2 Å². The summed E-state index contributed by atoms with van der Waals surface area (Å²) in [6.07, 6.45) is -2.93. The van der Waals surface area contributed by atoms with E-state index in [4.69, 9.17) is 10.2 Å². The SMILES string of the molecule is Nc1ccc(C(F)(F)F)cc1-c1nc2ncccc2o1. The Hall–Kier alpha value is -2.57. The van der Waals surface area contributed by atoms with E-state index in [1.807, 2.05) is 0 Å². The lowest BCUT2D eigenvalue weighted by Gasteiger charge is -2.09. The number of nitrogen functional groups attached to an aromatic ring is 1. The monoisotopic (exact) mass is 279 g/mol. The summed E-state index contributed by atoms with van der Waals surface area (Å²) < 4.78 is 43.5. The third-order valence-corrected chi connectivity index (χ3v) is 2.78. The van der Waals surface area contributed by atoms with Crippen LogP contribution in [0.15, 0.2) is 40.9 Å². The number of oxazole rings is 1. The van der Waals surface area contributed by atoms with E-state index in [0.29, 0.717) is 11.2 Å². The van der Waals surface area contributed by atoms with Crippen molar-refractivity contribution in [2.24, 2.45) is 0 Å². The lowest BCUT2D eigenvalue weighted by Crippen LogP contribution is -2.05. The summed E-state index contributed by atoms with van der Waals surface area (Å²) >= 11 is 0. The molecule has 0 saturated carbocycles. The topological polar surface area (TPSA) is 64.9 Å². The van der Waals surface area contributed by atoms with Gasteiger partial charge in [-0.3, -0.25) is 0 Å². The van der Waals surface area contributed by atoms with Crippen molar-refractivity contribution in [3.05, 3.63) is 42.1 Å². The van der Waals surface area contributed by atoms with E-state index in [1.165, 1.54) is 12.3 Å². The molecule has 3 aromatic rings. The number of hydrogen-bond donors (Lipinski definition) is 1. The van der Waals surface area contributed by atoms with Gasteiger partial charge >= 0.3 is 6.18 Å². The summed E-state index contributed by atoms with van der Waals surface area (Å²) in [6.45, 7) is 0. The first-order valence-electron chi connectivity index (χ1n) is 5.64. The third kappa shape index (κ3) is 2.07. The minimum atomic E-state index is -4.45. The Labute approximate surface area is 111 Å². The van der Waals surface area contributed by atoms with Gasteiger partial charge in [0.1, 0.15) is 0 Å². The molecule has 0 bridgehead atoms. The molecule has 0 aliphatic carbocycles. The van der Waals surface area contributed by atoms with E-state index in [2.05, 4.69) is 9.97 Å². The number of nitrogens with two attached hydrogens (primary N) is 1. The molecule has 102 valence electrons. The predicted octanol–water partition coefficient (Wildman–Crippen LogP) is 3.49. The number of alkyl halides is 3. The fourth-order valence-corrected chi connectivity index (χ4v) is 1.80. The van der Waals surface area contributed by atoms with Crippen LogP contribution in [0, 0.1) is 0 Å². The quantitative estimate of drug-likeness (QED) is 0.692. The Morgan fingerprint density at radius 2 is 1.95 bits per heavy atom. The molecule has 0 fully saturated rings. The normalized spacial score (nSPS) is 11.9. The van der Waals surface area contributed by atoms with Crippen LogP contribution in [-0.2, 0) is 6.18 Å². The van der Waals surface area contributed by atoms with Crippen LogP contribution < -0.4 is 5.73 Å². The highest BCUT2D eigenvalue weighted by Gasteiger charge is 2.31. The lowest BCUT2D eigenvalue weighted by atomic mass is 10.1. The van der Waals surface area contributed by atoms with Crippen LogP contribution in [0.3, 0.4) is 0 Å². The van der Waals surface area contributed by atoms with Gasteiger partial charge in [0.25, 0.3) is 0 Å². The Bertz CT molecular complexity index is 747. The molecule has 20 heavy (non-hydrogen) atoms. The molecule has 2 heterocycles. The number of hydrogen-bond acceptors (Lipinski definition) is 4. The highest BCUT2D eigenvalue weighted by atomic mass is 19.4. The van der Waals surface area contributed by atoms with E-state index in [0.717, 1.165) is 12.1 Å². The fraction of sp³-hybridized carbons (Fsp3) is 0.0769. The molecule has 0 unspecified atom stereocenters. The Kier molecular flexibility index (Phi) is 2.63. The zero-order valence-corrected chi connectivity index (χ0v) is 9.98. The number of fused-ring (bicyclic) bond motifs is 1. The van der Waals surface area contributed by atoms with Crippen molar-refractivity contribution in [1.29, 1.82) is 0 Å². The molecule has 3 rings (SSSR count). The van der Waals surface area contributed by atoms with Gasteiger partial charge in [0.05, 0.1) is 11.1 Å². The maximum atomic E-state index is 12.7. The molecular weight excluding hydrogens is 271 g/mol. The predicted molar refractivity (Wildman–Crippen MR) is 66.7 cm³/mol. The first-order chi connectivity index (χ1) is 9.45. The maximum absolute atomic E-state index is 12.7. The van der Waals surface area contributed by atoms with E-state index in [-0.39, 0.29) is 17.1 Å². The summed E-state index contributed by atoms with van der Waals surface area (Å²) in [5.41, 5.74) is 5.85. The first-order valence-corrected chi connectivity index (χ1v) is 5.64. The van der Waals surface area contributed by atoms with E-state index in [1.54, 1.807) is 12.1 Å². The minimum Gasteiger partial charge on any atom is -0.434 e. The highest BCUT2D eigenvalue weighted by molar-refractivity contribution is 5.77. The molecule has 0 spiro atoms. The minimum absolute atomic E-state index is 0.0160. The zero-order chi connectivity index (χ0) is 14.3. The van der Waals surface area contributed by atoms with Gasteiger partial charge in [0.15, 0.2) is 11.2 Å². The molecule has 0 saturated heterocycles. The Morgan fingerprint density at radius 3 is 2.65 bits per heavy atom. The molecule has 7 heteroatoms. The highest BCUT2D eigenvalue weighted by Crippen LogP contribution is 2.35. The van der Waals surface area contributed by atoms with Crippen LogP contribution in [0.2, 0.25) is 0 Å². The molecular formula is C13H8F3N3O. The second-order valence-corrected chi connectivity index (χ2v) is 4.14. The smallest absolute Gasteiger partial charge is 0.416 e. The van der Waals surface area contributed by atoms with Crippen LogP contribution in [0.5, 0.6) is 0 Å². The van der Waals surface area contributed by atoms with Crippen molar-refractivity contribution in [2.45, 2.75) is 6.18 Å². The molecule has 0 aliphatic heterocycles. The van der Waals surface area contributed by atoms with Crippen LogP contribution in [0.1, 0.15) is 5.56 Å². The summed E-state index contributed by atoms with van der Waals surface area (Å²) in [5, 5.41) is 0. The number of pyridine rings is 1. The average Bonchev–Trinajstić information content (AvgIpc) is 2.81. The Balaban J connectivity index is 2.17. The number of rotatable bonds is 1. The largest absolute Gasteiger partial charge is 0.434 e. The number of anilines is 1. The Morgan fingerprint density at radius 1 is 1.15 bits per heavy atom. The van der Waals surface area contributed by atoms with Gasteiger partial charge in [-0.15, -0.1) is 0 Å². The number of halogens is 3. The lowest BCUT2D eigenvalue weighted by molar-refractivity contribution is -0.137. The van der Waals surface area contributed by atoms with Crippen molar-refractivity contribution in [2.75, 3.05) is 5.73 Å². The van der Waals surface area contributed by atoms with Crippen molar-refractivity contribution < 1.29 is 17.6 Å². The zero-order valence-electron chi connectivity index (χ0n) is 9.98. The van der Waals surface area contributed by atoms with Crippen LogP contribution in [-0.4, -0.2) is 9.97 Å². The van der Waals surface area contributed by atoms with Gasteiger partial charge in [-0.05, 0) is 30.3 Å². The van der Waals surface area contributed by atoms with Crippen molar-refractivity contribution in [3.63, 3.8) is 0 Å². The molecule has 0 atom stereocenters. The fourth-order valence-electron chi connectivity index (χ4n) is 1.80. The average molecular weight is 279 g/mol. The van der Waals surface area contributed by atoms with Gasteiger partial charge in [-0.25, -0.2) is 4.98 Å². The molecule has 4 nitrogen and oxygen atoms in total. The second-order valence-electron chi connectivity index (χ2n) is 4.14. The molecule has 2 N–H and O–H groups in total.